The van der Waals surface area contributed by atoms with Crippen LogP contribution >= 0.6 is 0 Å². The third kappa shape index (κ3) is 7.88. The Kier molecular flexibility index (Phi) is 3.77. The third-order valence-electron chi connectivity index (χ3n) is 0.606. The fourth-order valence-corrected chi connectivity index (χ4v) is 0.261. The largest absolute Gasteiger partial charge is 0.281 e. The average molecular weight is 132 g/mol. The molecule has 0 bridgehead atoms. The van der Waals surface area contributed by atoms with E-state index in [1.807, 2.05) is 27.7 Å². The van der Waals surface area contributed by atoms with Crippen LogP contribution in [0.25, 0.3) is 0 Å². The van der Waals surface area contributed by atoms with Crippen LogP contribution in [0.3, 0.4) is 0 Å². The molecule has 3 nitrogen and oxygen atoms in total. The first-order chi connectivity index (χ1) is 4.06. The van der Waals surface area contributed by atoms with Gasteiger partial charge in [-0.2, -0.15) is 0 Å². The number of hydrazine groups is 1. The molecule has 0 aliphatic heterocycles. The highest BCUT2D eigenvalue weighted by molar-refractivity contribution is 4.55. The molecule has 0 aromatic rings. The van der Waals surface area contributed by atoms with Gasteiger partial charge in [0.1, 0.15) is 0 Å². The maximum atomic E-state index is 5.11. The molecule has 0 rings (SSSR count). The van der Waals surface area contributed by atoms with Crippen molar-refractivity contribution in [1.82, 2.24) is 11.0 Å². The minimum absolute atomic E-state index is 0.123. The van der Waals surface area contributed by atoms with Gasteiger partial charge in [0, 0.05) is 6.54 Å². The first-order valence-corrected chi connectivity index (χ1v) is 3.22. The van der Waals surface area contributed by atoms with Crippen molar-refractivity contribution in [2.75, 3.05) is 6.54 Å². The summed E-state index contributed by atoms with van der Waals surface area (Å²) >= 11 is 0. The van der Waals surface area contributed by atoms with Crippen LogP contribution in [0.2, 0.25) is 0 Å². The molecule has 9 heavy (non-hydrogen) atoms. The van der Waals surface area contributed by atoms with Crippen LogP contribution in [0.15, 0.2) is 0 Å². The minimum Gasteiger partial charge on any atom is -0.281 e. The van der Waals surface area contributed by atoms with Gasteiger partial charge in [-0.25, -0.2) is 5.43 Å². The van der Waals surface area contributed by atoms with E-state index in [0.717, 1.165) is 6.54 Å². The molecule has 0 saturated carbocycles. The van der Waals surface area contributed by atoms with Gasteiger partial charge in [0.25, 0.3) is 0 Å². The highest BCUT2D eigenvalue weighted by Gasteiger charge is 2.08. The van der Waals surface area contributed by atoms with E-state index in [2.05, 4.69) is 11.0 Å². The van der Waals surface area contributed by atoms with E-state index in [4.69, 9.17) is 4.84 Å². The van der Waals surface area contributed by atoms with Crippen molar-refractivity contribution in [3.05, 3.63) is 0 Å². The van der Waals surface area contributed by atoms with E-state index in [0.29, 0.717) is 0 Å². The minimum atomic E-state index is -0.123. The SMILES string of the molecule is CCNNOC(C)(C)C. The highest BCUT2D eigenvalue weighted by atomic mass is 16.7. The van der Waals surface area contributed by atoms with Gasteiger partial charge >= 0.3 is 0 Å². The Hall–Kier alpha value is -0.120. The second-order valence-electron chi connectivity index (χ2n) is 2.85. The fraction of sp³-hybridized carbons (Fsp3) is 1.00. The quantitative estimate of drug-likeness (QED) is 0.441. The molecule has 0 aliphatic rings. The van der Waals surface area contributed by atoms with Crippen LogP contribution in [-0.4, -0.2) is 12.1 Å². The fourth-order valence-electron chi connectivity index (χ4n) is 0.261. The van der Waals surface area contributed by atoms with Crippen LogP contribution < -0.4 is 11.0 Å². The first-order valence-electron chi connectivity index (χ1n) is 3.22. The van der Waals surface area contributed by atoms with Gasteiger partial charge in [0.05, 0.1) is 5.60 Å². The number of hydrogen-bond acceptors (Lipinski definition) is 3. The zero-order chi connectivity index (χ0) is 7.33. The van der Waals surface area contributed by atoms with Crippen molar-refractivity contribution in [3.63, 3.8) is 0 Å². The zero-order valence-corrected chi connectivity index (χ0v) is 6.62. The van der Waals surface area contributed by atoms with Gasteiger partial charge in [0.15, 0.2) is 0 Å². The van der Waals surface area contributed by atoms with Crippen molar-refractivity contribution in [3.8, 4) is 0 Å². The Bertz CT molecular complexity index is 67.9. The topological polar surface area (TPSA) is 33.3 Å². The molecular formula is C6H16N2O. The molecule has 0 saturated heterocycles. The van der Waals surface area contributed by atoms with E-state index in [-0.39, 0.29) is 5.60 Å². The number of rotatable bonds is 3. The molecular weight excluding hydrogens is 116 g/mol. The van der Waals surface area contributed by atoms with Gasteiger partial charge < -0.3 is 0 Å². The highest BCUT2D eigenvalue weighted by Crippen LogP contribution is 2.01. The molecule has 0 heterocycles. The molecule has 0 spiro atoms. The lowest BCUT2D eigenvalue weighted by Crippen LogP contribution is -2.38. The van der Waals surface area contributed by atoms with Gasteiger partial charge in [-0.1, -0.05) is 6.92 Å². The summed E-state index contributed by atoms with van der Waals surface area (Å²) in [5.41, 5.74) is 5.33. The molecule has 0 aliphatic carbocycles. The summed E-state index contributed by atoms with van der Waals surface area (Å²) in [6.45, 7) is 8.81. The Morgan fingerprint density at radius 2 is 1.89 bits per heavy atom. The Morgan fingerprint density at radius 1 is 1.33 bits per heavy atom. The smallest absolute Gasteiger partial charge is 0.0829 e. The summed E-state index contributed by atoms with van der Waals surface area (Å²) < 4.78 is 0. The second kappa shape index (κ2) is 3.82. The van der Waals surface area contributed by atoms with Crippen molar-refractivity contribution in [2.24, 2.45) is 0 Å². The summed E-state index contributed by atoms with van der Waals surface area (Å²) in [5, 5.41) is 0. The van der Waals surface area contributed by atoms with Crippen molar-refractivity contribution in [1.29, 1.82) is 0 Å². The molecule has 0 aromatic heterocycles. The third-order valence-corrected chi connectivity index (χ3v) is 0.606. The normalized spacial score (nSPS) is 12.0. The maximum Gasteiger partial charge on any atom is 0.0829 e. The van der Waals surface area contributed by atoms with E-state index < -0.39 is 0 Å². The molecule has 0 aromatic carbocycles. The molecule has 0 fully saturated rings. The van der Waals surface area contributed by atoms with Crippen LogP contribution in [0.4, 0.5) is 0 Å². The van der Waals surface area contributed by atoms with E-state index in [1.165, 1.54) is 0 Å². The molecule has 0 radical (unpaired) electrons. The summed E-state index contributed by atoms with van der Waals surface area (Å²) in [6.07, 6.45) is 0. The zero-order valence-electron chi connectivity index (χ0n) is 6.62. The standard InChI is InChI=1S/C6H16N2O/c1-5-7-8-9-6(2,3)4/h7-8H,5H2,1-4H3. The van der Waals surface area contributed by atoms with Crippen LogP contribution in [0.1, 0.15) is 27.7 Å². The van der Waals surface area contributed by atoms with E-state index >= 15 is 0 Å². The second-order valence-corrected chi connectivity index (χ2v) is 2.85. The van der Waals surface area contributed by atoms with Crippen LogP contribution in [-0.2, 0) is 4.84 Å². The monoisotopic (exact) mass is 132 g/mol. The summed E-state index contributed by atoms with van der Waals surface area (Å²) in [5.74, 6) is 0. The van der Waals surface area contributed by atoms with Gasteiger partial charge in [-0.05, 0) is 20.8 Å². The van der Waals surface area contributed by atoms with Crippen LogP contribution in [0.5, 0.6) is 0 Å². The number of nitrogens with one attached hydrogen (secondary N) is 2. The average Bonchev–Trinajstić information content (AvgIpc) is 1.63. The summed E-state index contributed by atoms with van der Waals surface area (Å²) in [4.78, 5) is 5.11. The van der Waals surface area contributed by atoms with Gasteiger partial charge in [-0.3, -0.25) is 4.84 Å². The van der Waals surface area contributed by atoms with E-state index in [1.54, 1.807) is 0 Å². The van der Waals surface area contributed by atoms with Crippen molar-refractivity contribution in [2.45, 2.75) is 33.3 Å². The van der Waals surface area contributed by atoms with E-state index in [9.17, 15) is 0 Å². The maximum absolute atomic E-state index is 5.11. The van der Waals surface area contributed by atoms with Crippen molar-refractivity contribution >= 4 is 0 Å². The number of hydrogen-bond donors (Lipinski definition) is 2. The lowest BCUT2D eigenvalue weighted by Gasteiger charge is -2.18. The first kappa shape index (κ1) is 8.88. The van der Waals surface area contributed by atoms with Gasteiger partial charge in [0.2, 0.25) is 0 Å². The lowest BCUT2D eigenvalue weighted by atomic mass is 10.2. The summed E-state index contributed by atoms with van der Waals surface area (Å²) in [7, 11) is 0. The Labute approximate surface area is 56.7 Å². The Morgan fingerprint density at radius 3 is 2.22 bits per heavy atom. The predicted molar refractivity (Wildman–Crippen MR) is 37.7 cm³/mol. The molecule has 3 heteroatoms. The lowest BCUT2D eigenvalue weighted by molar-refractivity contribution is -0.0919. The molecule has 56 valence electrons. The molecule has 0 amide bonds. The molecule has 0 unspecified atom stereocenters. The summed E-state index contributed by atoms with van der Waals surface area (Å²) in [6, 6.07) is 0. The molecule has 0 atom stereocenters. The van der Waals surface area contributed by atoms with Crippen molar-refractivity contribution < 1.29 is 4.84 Å². The van der Waals surface area contributed by atoms with Gasteiger partial charge in [-0.15, -0.1) is 5.59 Å². The predicted octanol–water partition coefficient (Wildman–Crippen LogP) is 0.831. The molecule has 2 N–H and O–H groups in total. The Balaban J connectivity index is 3.07. The van der Waals surface area contributed by atoms with Crippen LogP contribution in [0, 0.1) is 0 Å².